The molecule has 0 aromatic rings. The molecule has 0 spiro atoms. The van der Waals surface area contributed by atoms with Gasteiger partial charge in [-0.15, -0.1) is 0 Å². The fraction of sp³-hybridized carbons (Fsp3) is 0.882. The van der Waals surface area contributed by atoms with Crippen LogP contribution in [0.1, 0.15) is 78.1 Å². The summed E-state index contributed by atoms with van der Waals surface area (Å²) in [5, 5.41) is 0. The second-order valence-electron chi connectivity index (χ2n) is 6.33. The highest BCUT2D eigenvalue weighted by molar-refractivity contribution is 5.11. The predicted octanol–water partition coefficient (Wildman–Crippen LogP) is 5.73. The van der Waals surface area contributed by atoms with E-state index in [0.717, 1.165) is 17.8 Å². The Morgan fingerprint density at radius 1 is 1.00 bits per heavy atom. The third-order valence-corrected chi connectivity index (χ3v) is 5.20. The summed E-state index contributed by atoms with van der Waals surface area (Å²) in [7, 11) is 0. The van der Waals surface area contributed by atoms with Crippen LogP contribution >= 0.6 is 0 Å². The Morgan fingerprint density at radius 2 is 1.76 bits per heavy atom. The second-order valence-corrected chi connectivity index (χ2v) is 6.33. The lowest BCUT2D eigenvalue weighted by Crippen LogP contribution is -2.18. The molecule has 0 heteroatoms. The first kappa shape index (κ1) is 13.2. The van der Waals surface area contributed by atoms with Gasteiger partial charge >= 0.3 is 0 Å². The van der Waals surface area contributed by atoms with E-state index in [1.165, 1.54) is 64.2 Å². The molecule has 0 N–H and O–H groups in total. The average Bonchev–Trinajstić information content (AvgIpc) is 2.40. The van der Waals surface area contributed by atoms with Crippen LogP contribution in [0.4, 0.5) is 0 Å². The van der Waals surface area contributed by atoms with Gasteiger partial charge in [-0.2, -0.15) is 0 Å². The predicted molar refractivity (Wildman–Crippen MR) is 76.1 cm³/mol. The van der Waals surface area contributed by atoms with Crippen molar-refractivity contribution in [2.75, 3.05) is 0 Å². The molecule has 17 heavy (non-hydrogen) atoms. The Labute approximate surface area is 108 Å². The van der Waals surface area contributed by atoms with Gasteiger partial charge in [0, 0.05) is 0 Å². The molecule has 2 aliphatic rings. The van der Waals surface area contributed by atoms with Crippen LogP contribution in [-0.4, -0.2) is 0 Å². The summed E-state index contributed by atoms with van der Waals surface area (Å²) < 4.78 is 0. The Kier molecular flexibility index (Phi) is 5.13. The minimum atomic E-state index is 0.973. The minimum Gasteiger partial charge on any atom is -0.0848 e. The summed E-state index contributed by atoms with van der Waals surface area (Å²) in [6.45, 7) is 4.69. The lowest BCUT2D eigenvalue weighted by Gasteiger charge is -2.32. The summed E-state index contributed by atoms with van der Waals surface area (Å²) in [6.07, 6.45) is 17.1. The molecule has 0 bridgehead atoms. The van der Waals surface area contributed by atoms with E-state index >= 15 is 0 Å². The molecular formula is C17H30. The van der Waals surface area contributed by atoms with Crippen LogP contribution < -0.4 is 0 Å². The normalized spacial score (nSPS) is 34.5. The van der Waals surface area contributed by atoms with E-state index in [4.69, 9.17) is 0 Å². The molecule has 1 unspecified atom stereocenters. The second kappa shape index (κ2) is 6.61. The zero-order chi connectivity index (χ0) is 12.1. The first-order chi connectivity index (χ1) is 8.33. The molecule has 0 aromatic carbocycles. The molecular weight excluding hydrogens is 204 g/mol. The van der Waals surface area contributed by atoms with Gasteiger partial charge in [-0.1, -0.05) is 44.8 Å². The van der Waals surface area contributed by atoms with E-state index in [2.05, 4.69) is 19.9 Å². The molecule has 2 aliphatic carbocycles. The summed E-state index contributed by atoms with van der Waals surface area (Å²) in [5.74, 6) is 3.03. The van der Waals surface area contributed by atoms with Crippen molar-refractivity contribution in [3.05, 3.63) is 11.6 Å². The van der Waals surface area contributed by atoms with Gasteiger partial charge < -0.3 is 0 Å². The zero-order valence-corrected chi connectivity index (χ0v) is 11.9. The topological polar surface area (TPSA) is 0 Å². The molecule has 98 valence electrons. The summed E-state index contributed by atoms with van der Waals surface area (Å²) in [5.41, 5.74) is 1.84. The van der Waals surface area contributed by atoms with E-state index in [1.807, 2.05) is 5.57 Å². The van der Waals surface area contributed by atoms with Crippen molar-refractivity contribution < 1.29 is 0 Å². The van der Waals surface area contributed by atoms with E-state index in [1.54, 1.807) is 0 Å². The molecule has 0 radical (unpaired) electrons. The molecule has 0 amide bonds. The smallest absolute Gasteiger partial charge is 0.0203 e. The average molecular weight is 234 g/mol. The monoisotopic (exact) mass is 234 g/mol. The van der Waals surface area contributed by atoms with E-state index < -0.39 is 0 Å². The lowest BCUT2D eigenvalue weighted by atomic mass is 9.73. The van der Waals surface area contributed by atoms with Crippen molar-refractivity contribution in [1.82, 2.24) is 0 Å². The number of rotatable bonds is 4. The van der Waals surface area contributed by atoms with Gasteiger partial charge in [-0.3, -0.25) is 0 Å². The van der Waals surface area contributed by atoms with Crippen LogP contribution in [0.2, 0.25) is 0 Å². The van der Waals surface area contributed by atoms with Crippen molar-refractivity contribution in [3.63, 3.8) is 0 Å². The highest BCUT2D eigenvalue weighted by Gasteiger charge is 2.24. The van der Waals surface area contributed by atoms with Crippen LogP contribution in [0.5, 0.6) is 0 Å². The van der Waals surface area contributed by atoms with Gasteiger partial charge in [0.05, 0.1) is 0 Å². The summed E-state index contributed by atoms with van der Waals surface area (Å²) in [6, 6.07) is 0. The highest BCUT2D eigenvalue weighted by Crippen LogP contribution is 2.39. The molecule has 0 nitrogen and oxygen atoms in total. The maximum absolute atomic E-state index is 2.63. The Hall–Kier alpha value is -0.260. The Morgan fingerprint density at radius 3 is 2.29 bits per heavy atom. The number of hydrogen-bond acceptors (Lipinski definition) is 0. The first-order valence-electron chi connectivity index (χ1n) is 8.02. The minimum absolute atomic E-state index is 0.973. The first-order valence-corrected chi connectivity index (χ1v) is 8.02. The lowest BCUT2D eigenvalue weighted by molar-refractivity contribution is 0.283. The molecule has 0 saturated heterocycles. The standard InChI is InChI=1S/C17H30/c1-3-5-15-8-12-17(13-9-15)16-10-6-14(4-2)7-11-16/h12,14-16H,3-11,13H2,1-2H3. The maximum atomic E-state index is 2.63. The molecule has 1 saturated carbocycles. The Balaban J connectivity index is 1.80. The van der Waals surface area contributed by atoms with Gasteiger partial charge in [-0.25, -0.2) is 0 Å². The van der Waals surface area contributed by atoms with Crippen LogP contribution in [-0.2, 0) is 0 Å². The van der Waals surface area contributed by atoms with Crippen molar-refractivity contribution in [3.8, 4) is 0 Å². The van der Waals surface area contributed by atoms with Crippen LogP contribution in [0.15, 0.2) is 11.6 Å². The van der Waals surface area contributed by atoms with Gasteiger partial charge in [0.25, 0.3) is 0 Å². The van der Waals surface area contributed by atoms with Crippen LogP contribution in [0.25, 0.3) is 0 Å². The summed E-state index contributed by atoms with van der Waals surface area (Å²) >= 11 is 0. The van der Waals surface area contributed by atoms with Gasteiger partial charge in [0.15, 0.2) is 0 Å². The largest absolute Gasteiger partial charge is 0.0848 e. The molecule has 0 aromatic heterocycles. The van der Waals surface area contributed by atoms with Gasteiger partial charge in [0.2, 0.25) is 0 Å². The van der Waals surface area contributed by atoms with Gasteiger partial charge in [-0.05, 0) is 62.7 Å². The van der Waals surface area contributed by atoms with Crippen molar-refractivity contribution in [2.24, 2.45) is 17.8 Å². The fourth-order valence-corrected chi connectivity index (χ4v) is 3.89. The fourth-order valence-electron chi connectivity index (χ4n) is 3.89. The van der Waals surface area contributed by atoms with Crippen molar-refractivity contribution in [1.29, 1.82) is 0 Å². The van der Waals surface area contributed by atoms with E-state index in [-0.39, 0.29) is 0 Å². The third kappa shape index (κ3) is 3.60. The third-order valence-electron chi connectivity index (χ3n) is 5.20. The van der Waals surface area contributed by atoms with Crippen LogP contribution in [0.3, 0.4) is 0 Å². The number of allylic oxidation sites excluding steroid dienone is 2. The van der Waals surface area contributed by atoms with Crippen LogP contribution in [0, 0.1) is 17.8 Å². The van der Waals surface area contributed by atoms with Crippen molar-refractivity contribution in [2.45, 2.75) is 78.1 Å². The molecule has 2 rings (SSSR count). The van der Waals surface area contributed by atoms with E-state index in [9.17, 15) is 0 Å². The molecule has 0 aliphatic heterocycles. The maximum Gasteiger partial charge on any atom is -0.0203 e. The van der Waals surface area contributed by atoms with Crippen molar-refractivity contribution >= 4 is 0 Å². The highest BCUT2D eigenvalue weighted by atomic mass is 14.3. The quantitative estimate of drug-likeness (QED) is 0.545. The molecule has 1 fully saturated rings. The number of hydrogen-bond donors (Lipinski definition) is 0. The summed E-state index contributed by atoms with van der Waals surface area (Å²) in [4.78, 5) is 0. The Bertz CT molecular complexity index is 243. The SMILES string of the molecule is CCCC1CC=C(C2CCC(CC)CC2)CC1. The zero-order valence-electron chi connectivity index (χ0n) is 11.9. The van der Waals surface area contributed by atoms with Gasteiger partial charge in [0.1, 0.15) is 0 Å². The molecule has 0 heterocycles. The molecule has 1 atom stereocenters. The van der Waals surface area contributed by atoms with E-state index in [0.29, 0.717) is 0 Å².